The molecule has 116 valence electrons. The second-order valence-electron chi connectivity index (χ2n) is 5.97. The van der Waals surface area contributed by atoms with Gasteiger partial charge in [-0.25, -0.2) is 4.98 Å². The molecule has 0 atom stereocenters. The molecule has 8 heteroatoms. The highest BCUT2D eigenvalue weighted by molar-refractivity contribution is 9.10. The molecule has 3 rings (SSSR count). The van der Waals surface area contributed by atoms with E-state index >= 15 is 0 Å². The first kappa shape index (κ1) is 15.5. The zero-order valence-corrected chi connectivity index (χ0v) is 14.4. The van der Waals surface area contributed by atoms with Crippen molar-refractivity contribution in [2.45, 2.75) is 31.1 Å². The summed E-state index contributed by atoms with van der Waals surface area (Å²) < 4.78 is 31.8. The largest absolute Gasteiger partial charge is 0.369 e. The smallest absolute Gasteiger partial charge is 0.265 e. The SMILES string of the molecule is O=S(=O)(O)CC1CCC2(CC1)CNc1ncc(Br)c(Cl)c12. The summed E-state index contributed by atoms with van der Waals surface area (Å²) in [5, 5.41) is 4.00. The number of aromatic nitrogens is 1. The molecule has 0 amide bonds. The third-order valence-corrected chi connectivity index (χ3v) is 6.72. The van der Waals surface area contributed by atoms with Crippen LogP contribution in [0, 0.1) is 5.92 Å². The van der Waals surface area contributed by atoms with Gasteiger partial charge in [0.2, 0.25) is 0 Å². The number of nitrogens with zero attached hydrogens (tertiary/aromatic N) is 1. The third kappa shape index (κ3) is 2.93. The van der Waals surface area contributed by atoms with Gasteiger partial charge in [0.05, 0.1) is 15.2 Å². The minimum atomic E-state index is -3.90. The summed E-state index contributed by atoms with van der Waals surface area (Å²) in [4.78, 5) is 4.37. The summed E-state index contributed by atoms with van der Waals surface area (Å²) in [6.07, 6.45) is 4.93. The quantitative estimate of drug-likeness (QED) is 0.752. The van der Waals surface area contributed by atoms with E-state index in [4.69, 9.17) is 16.2 Å². The minimum absolute atomic E-state index is 0.0218. The van der Waals surface area contributed by atoms with E-state index < -0.39 is 10.1 Å². The fourth-order valence-corrected chi connectivity index (χ4v) is 5.12. The molecule has 2 N–H and O–H groups in total. The lowest BCUT2D eigenvalue weighted by Crippen LogP contribution is -2.35. The second-order valence-corrected chi connectivity index (χ2v) is 8.70. The summed E-state index contributed by atoms with van der Waals surface area (Å²) in [5.41, 5.74) is 0.975. The molecular formula is C13H16BrClN2O3S. The van der Waals surface area contributed by atoms with Crippen LogP contribution >= 0.6 is 27.5 Å². The lowest BCUT2D eigenvalue weighted by atomic mass is 9.68. The van der Waals surface area contributed by atoms with Crippen molar-refractivity contribution in [2.75, 3.05) is 17.6 Å². The van der Waals surface area contributed by atoms with E-state index in [-0.39, 0.29) is 17.1 Å². The first-order valence-corrected chi connectivity index (χ1v) is 9.62. The van der Waals surface area contributed by atoms with Crippen LogP contribution in [0.25, 0.3) is 0 Å². The van der Waals surface area contributed by atoms with Crippen molar-refractivity contribution in [3.8, 4) is 0 Å². The van der Waals surface area contributed by atoms with Gasteiger partial charge in [-0.1, -0.05) is 11.6 Å². The van der Waals surface area contributed by atoms with Gasteiger partial charge in [-0.2, -0.15) is 8.42 Å². The van der Waals surface area contributed by atoms with Gasteiger partial charge in [-0.05, 0) is 47.5 Å². The second kappa shape index (κ2) is 5.37. The highest BCUT2D eigenvalue weighted by atomic mass is 79.9. The Morgan fingerprint density at radius 2 is 2.14 bits per heavy atom. The van der Waals surface area contributed by atoms with Gasteiger partial charge in [0, 0.05) is 23.7 Å². The molecule has 2 aliphatic rings. The zero-order chi connectivity index (χ0) is 15.3. The average molecular weight is 396 g/mol. The van der Waals surface area contributed by atoms with Crippen LogP contribution in [0.3, 0.4) is 0 Å². The summed E-state index contributed by atoms with van der Waals surface area (Å²) in [7, 11) is -3.90. The number of pyridine rings is 1. The molecule has 0 unspecified atom stereocenters. The standard InChI is InChI=1S/C13H16BrClN2O3S/c14-9-5-16-12-10(11(9)15)13(7-17-12)3-1-8(2-4-13)6-21(18,19)20/h5,8H,1-4,6-7H2,(H,16,17)(H,18,19,20). The Kier molecular flexibility index (Phi) is 3.97. The number of hydrogen-bond acceptors (Lipinski definition) is 4. The first-order chi connectivity index (χ1) is 9.81. The summed E-state index contributed by atoms with van der Waals surface area (Å²) in [5.74, 6) is 0.707. The van der Waals surface area contributed by atoms with Crippen molar-refractivity contribution in [1.82, 2.24) is 4.98 Å². The van der Waals surface area contributed by atoms with Crippen molar-refractivity contribution in [1.29, 1.82) is 0 Å². The normalized spacial score (nSPS) is 28.4. The Morgan fingerprint density at radius 1 is 1.48 bits per heavy atom. The monoisotopic (exact) mass is 394 g/mol. The predicted octanol–water partition coefficient (Wildman–Crippen LogP) is 3.24. The van der Waals surface area contributed by atoms with Crippen LogP contribution in [-0.4, -0.2) is 30.3 Å². The number of hydrogen-bond donors (Lipinski definition) is 2. The van der Waals surface area contributed by atoms with E-state index in [9.17, 15) is 8.42 Å². The molecule has 0 aromatic carbocycles. The maximum absolute atomic E-state index is 11.0. The van der Waals surface area contributed by atoms with Gasteiger partial charge in [0.25, 0.3) is 10.1 Å². The van der Waals surface area contributed by atoms with Crippen LogP contribution in [0.15, 0.2) is 10.7 Å². The summed E-state index contributed by atoms with van der Waals surface area (Å²) >= 11 is 9.86. The summed E-state index contributed by atoms with van der Waals surface area (Å²) in [6.45, 7) is 0.782. The van der Waals surface area contributed by atoms with Crippen molar-refractivity contribution >= 4 is 43.5 Å². The Hall–Kier alpha value is -0.370. The van der Waals surface area contributed by atoms with Gasteiger partial charge in [-0.15, -0.1) is 0 Å². The third-order valence-electron chi connectivity index (χ3n) is 4.61. The van der Waals surface area contributed by atoms with Crippen molar-refractivity contribution in [3.63, 3.8) is 0 Å². The molecule has 0 saturated heterocycles. The highest BCUT2D eigenvalue weighted by Crippen LogP contribution is 2.51. The molecule has 21 heavy (non-hydrogen) atoms. The van der Waals surface area contributed by atoms with E-state index in [2.05, 4.69) is 26.2 Å². The summed E-state index contributed by atoms with van der Waals surface area (Å²) in [6, 6.07) is 0. The van der Waals surface area contributed by atoms with Crippen LogP contribution < -0.4 is 5.32 Å². The fraction of sp³-hybridized carbons (Fsp3) is 0.615. The Morgan fingerprint density at radius 3 is 2.76 bits per heavy atom. The number of anilines is 1. The Balaban J connectivity index is 1.84. The molecule has 1 aromatic rings. The van der Waals surface area contributed by atoms with Crippen LogP contribution in [0.4, 0.5) is 5.82 Å². The van der Waals surface area contributed by atoms with E-state index in [1.165, 1.54) is 0 Å². The maximum atomic E-state index is 11.0. The lowest BCUT2D eigenvalue weighted by molar-refractivity contribution is 0.259. The lowest BCUT2D eigenvalue weighted by Gasteiger charge is -2.37. The molecule has 1 aliphatic heterocycles. The molecule has 1 spiro atoms. The van der Waals surface area contributed by atoms with Crippen molar-refractivity contribution in [2.24, 2.45) is 5.92 Å². The first-order valence-electron chi connectivity index (χ1n) is 6.84. The van der Waals surface area contributed by atoms with Gasteiger partial charge in [-0.3, -0.25) is 4.55 Å². The molecule has 1 aromatic heterocycles. The van der Waals surface area contributed by atoms with Crippen LogP contribution in [0.2, 0.25) is 5.02 Å². The molecule has 1 fully saturated rings. The molecule has 2 heterocycles. The van der Waals surface area contributed by atoms with Crippen LogP contribution in [-0.2, 0) is 15.5 Å². The van der Waals surface area contributed by atoms with Gasteiger partial charge in [0.1, 0.15) is 5.82 Å². The Labute approximate surface area is 137 Å². The van der Waals surface area contributed by atoms with Crippen LogP contribution in [0.5, 0.6) is 0 Å². The number of halogens is 2. The van der Waals surface area contributed by atoms with Crippen LogP contribution in [0.1, 0.15) is 31.2 Å². The van der Waals surface area contributed by atoms with E-state index in [1.807, 2.05) is 0 Å². The van der Waals surface area contributed by atoms with Crippen molar-refractivity contribution in [3.05, 3.63) is 21.3 Å². The van der Waals surface area contributed by atoms with Gasteiger partial charge < -0.3 is 5.32 Å². The number of nitrogens with one attached hydrogen (secondary N) is 1. The average Bonchev–Trinajstić information content (AvgIpc) is 2.75. The topological polar surface area (TPSA) is 79.3 Å². The zero-order valence-electron chi connectivity index (χ0n) is 11.3. The van der Waals surface area contributed by atoms with E-state index in [0.717, 1.165) is 48.1 Å². The number of rotatable bonds is 2. The molecule has 1 saturated carbocycles. The molecule has 1 aliphatic carbocycles. The van der Waals surface area contributed by atoms with Gasteiger partial charge >= 0.3 is 0 Å². The van der Waals surface area contributed by atoms with E-state index in [0.29, 0.717) is 5.02 Å². The highest BCUT2D eigenvalue weighted by Gasteiger charge is 2.44. The predicted molar refractivity (Wildman–Crippen MR) is 85.5 cm³/mol. The Bertz CT molecular complexity index is 672. The molecule has 0 radical (unpaired) electrons. The number of fused-ring (bicyclic) bond motifs is 2. The maximum Gasteiger partial charge on any atom is 0.265 e. The van der Waals surface area contributed by atoms with Crippen molar-refractivity contribution < 1.29 is 13.0 Å². The van der Waals surface area contributed by atoms with E-state index in [1.54, 1.807) is 6.20 Å². The molecule has 0 bridgehead atoms. The van der Waals surface area contributed by atoms with Gasteiger partial charge in [0.15, 0.2) is 0 Å². The molecule has 5 nitrogen and oxygen atoms in total. The minimum Gasteiger partial charge on any atom is -0.369 e. The molecular weight excluding hydrogens is 380 g/mol. The fourth-order valence-electron chi connectivity index (χ4n) is 3.55.